The number of carbonyl (C=O) groups is 1. The molecule has 0 spiro atoms. The second-order valence-electron chi connectivity index (χ2n) is 5.07. The molecule has 0 saturated carbocycles. The average molecular weight is 336 g/mol. The predicted molar refractivity (Wildman–Crippen MR) is 83.9 cm³/mol. The van der Waals surface area contributed by atoms with E-state index in [4.69, 9.17) is 4.74 Å². The average Bonchev–Trinajstić information content (AvgIpc) is 3.15. The molecule has 23 heavy (non-hydrogen) atoms. The summed E-state index contributed by atoms with van der Waals surface area (Å²) in [6.45, 7) is 0.791. The second kappa shape index (κ2) is 5.58. The summed E-state index contributed by atoms with van der Waals surface area (Å²) in [5.41, 5.74) is 0.603. The Bertz CT molecular complexity index is 829. The first-order chi connectivity index (χ1) is 10.9. The zero-order valence-corrected chi connectivity index (χ0v) is 13.5. The maximum atomic E-state index is 12.6. The number of anilines is 2. The molecule has 8 nitrogen and oxygen atoms in total. The normalized spacial score (nSPS) is 14.9. The summed E-state index contributed by atoms with van der Waals surface area (Å²) in [6.07, 6.45) is 2.78. The van der Waals surface area contributed by atoms with Crippen LogP contribution < -0.4 is 9.21 Å². The maximum Gasteiger partial charge on any atom is 0.414 e. The number of rotatable bonds is 4. The van der Waals surface area contributed by atoms with Crippen LogP contribution in [0.2, 0.25) is 0 Å². The van der Waals surface area contributed by atoms with Gasteiger partial charge in [0.1, 0.15) is 6.61 Å². The van der Waals surface area contributed by atoms with E-state index in [0.29, 0.717) is 24.8 Å². The highest BCUT2D eigenvalue weighted by atomic mass is 32.2. The standard InChI is InChI=1S/C14H16N4O4S/c1-16-8-7-15-13(16)17(2)23(20,21)12-5-3-11(4-6-12)18-9-10-22-14(18)19/h3-8H,9-10H2,1-2H3. The number of nitrogens with zero attached hydrogens (tertiary/aromatic N) is 4. The van der Waals surface area contributed by atoms with Crippen LogP contribution in [0.15, 0.2) is 41.6 Å². The van der Waals surface area contributed by atoms with E-state index >= 15 is 0 Å². The van der Waals surface area contributed by atoms with Crippen molar-refractivity contribution in [3.05, 3.63) is 36.7 Å². The van der Waals surface area contributed by atoms with Gasteiger partial charge in [-0.15, -0.1) is 0 Å². The lowest BCUT2D eigenvalue weighted by Gasteiger charge is -2.19. The molecule has 0 bridgehead atoms. The zero-order chi connectivity index (χ0) is 16.6. The molecule has 1 saturated heterocycles. The number of cyclic esters (lactones) is 1. The molecule has 0 N–H and O–H groups in total. The van der Waals surface area contributed by atoms with E-state index in [1.807, 2.05) is 0 Å². The molecule has 1 aromatic heterocycles. The number of imidazole rings is 1. The second-order valence-corrected chi connectivity index (χ2v) is 7.04. The fraction of sp³-hybridized carbons (Fsp3) is 0.286. The van der Waals surface area contributed by atoms with Crippen molar-refractivity contribution in [3.8, 4) is 0 Å². The summed E-state index contributed by atoms with van der Waals surface area (Å²) in [5, 5.41) is 0. The van der Waals surface area contributed by atoms with Crippen molar-refractivity contribution in [2.45, 2.75) is 4.90 Å². The van der Waals surface area contributed by atoms with E-state index in [2.05, 4.69) is 4.98 Å². The van der Waals surface area contributed by atoms with Gasteiger partial charge in [0.15, 0.2) is 0 Å². The Kier molecular flexibility index (Phi) is 3.72. The molecule has 9 heteroatoms. The quantitative estimate of drug-likeness (QED) is 0.837. The molecule has 2 aromatic rings. The molecular formula is C14H16N4O4S. The summed E-state index contributed by atoms with van der Waals surface area (Å²) < 4.78 is 32.9. The molecule has 0 unspecified atom stereocenters. The Morgan fingerprint density at radius 3 is 2.48 bits per heavy atom. The van der Waals surface area contributed by atoms with Crippen LogP contribution in [-0.2, 0) is 21.8 Å². The topological polar surface area (TPSA) is 84.7 Å². The number of aryl methyl sites for hydroxylation is 1. The molecule has 3 rings (SSSR count). The van der Waals surface area contributed by atoms with Gasteiger partial charge in [0, 0.05) is 32.2 Å². The van der Waals surface area contributed by atoms with E-state index in [9.17, 15) is 13.2 Å². The first kappa shape index (κ1) is 15.3. The Labute approximate surface area is 134 Å². The third kappa shape index (κ3) is 2.63. The van der Waals surface area contributed by atoms with Crippen LogP contribution in [0.4, 0.5) is 16.4 Å². The van der Waals surface area contributed by atoms with Crippen LogP contribution in [0.1, 0.15) is 0 Å². The van der Waals surface area contributed by atoms with Crippen LogP contribution in [0.25, 0.3) is 0 Å². The van der Waals surface area contributed by atoms with E-state index < -0.39 is 16.1 Å². The van der Waals surface area contributed by atoms with Gasteiger partial charge in [-0.25, -0.2) is 22.5 Å². The molecule has 0 atom stereocenters. The number of carbonyl (C=O) groups excluding carboxylic acids is 1. The molecule has 0 aliphatic carbocycles. The van der Waals surface area contributed by atoms with Gasteiger partial charge in [0.2, 0.25) is 5.95 Å². The summed E-state index contributed by atoms with van der Waals surface area (Å²) in [7, 11) is -0.556. The van der Waals surface area contributed by atoms with Crippen molar-refractivity contribution in [2.75, 3.05) is 29.4 Å². The van der Waals surface area contributed by atoms with Crippen LogP contribution >= 0.6 is 0 Å². The van der Waals surface area contributed by atoms with Crippen LogP contribution in [-0.4, -0.2) is 44.3 Å². The van der Waals surface area contributed by atoms with Gasteiger partial charge in [-0.1, -0.05) is 0 Å². The van der Waals surface area contributed by atoms with E-state index in [0.717, 1.165) is 4.31 Å². The number of hydrogen-bond donors (Lipinski definition) is 0. The van der Waals surface area contributed by atoms with Gasteiger partial charge in [0.05, 0.1) is 11.4 Å². The van der Waals surface area contributed by atoms with Crippen molar-refractivity contribution in [1.82, 2.24) is 9.55 Å². The van der Waals surface area contributed by atoms with E-state index in [1.54, 1.807) is 29.9 Å². The smallest absolute Gasteiger partial charge is 0.414 e. The lowest BCUT2D eigenvalue weighted by molar-refractivity contribution is 0.181. The highest BCUT2D eigenvalue weighted by Gasteiger charge is 2.26. The van der Waals surface area contributed by atoms with E-state index in [-0.39, 0.29) is 4.90 Å². The van der Waals surface area contributed by atoms with Gasteiger partial charge >= 0.3 is 6.09 Å². The van der Waals surface area contributed by atoms with Crippen LogP contribution in [0, 0.1) is 0 Å². The lowest BCUT2D eigenvalue weighted by atomic mass is 10.3. The minimum Gasteiger partial charge on any atom is -0.447 e. The fourth-order valence-electron chi connectivity index (χ4n) is 2.35. The van der Waals surface area contributed by atoms with Crippen molar-refractivity contribution < 1.29 is 17.9 Å². The molecular weight excluding hydrogens is 320 g/mol. The number of sulfonamides is 1. The van der Waals surface area contributed by atoms with Crippen LogP contribution in [0.5, 0.6) is 0 Å². The number of ether oxygens (including phenoxy) is 1. The molecule has 0 radical (unpaired) electrons. The van der Waals surface area contributed by atoms with Gasteiger partial charge in [-0.3, -0.25) is 4.90 Å². The number of amides is 1. The summed E-state index contributed by atoms with van der Waals surface area (Å²) in [5.74, 6) is 0.317. The predicted octanol–water partition coefficient (Wildman–Crippen LogP) is 1.20. The number of hydrogen-bond acceptors (Lipinski definition) is 5. The first-order valence-electron chi connectivity index (χ1n) is 6.92. The highest BCUT2D eigenvalue weighted by Crippen LogP contribution is 2.24. The monoisotopic (exact) mass is 336 g/mol. The number of aromatic nitrogens is 2. The minimum absolute atomic E-state index is 0.124. The van der Waals surface area contributed by atoms with Crippen molar-refractivity contribution in [3.63, 3.8) is 0 Å². The van der Waals surface area contributed by atoms with Gasteiger partial charge in [0.25, 0.3) is 10.0 Å². The molecule has 1 fully saturated rings. The zero-order valence-electron chi connectivity index (χ0n) is 12.7. The van der Waals surface area contributed by atoms with Crippen molar-refractivity contribution in [2.24, 2.45) is 7.05 Å². The first-order valence-corrected chi connectivity index (χ1v) is 8.36. The third-order valence-electron chi connectivity index (χ3n) is 3.65. The number of benzene rings is 1. The largest absolute Gasteiger partial charge is 0.447 e. The molecule has 2 heterocycles. The third-order valence-corrected chi connectivity index (χ3v) is 5.40. The van der Waals surface area contributed by atoms with Gasteiger partial charge in [-0.2, -0.15) is 0 Å². The Balaban J connectivity index is 1.89. The lowest BCUT2D eigenvalue weighted by Crippen LogP contribution is -2.29. The Hall–Kier alpha value is -2.55. The van der Waals surface area contributed by atoms with Crippen molar-refractivity contribution in [1.29, 1.82) is 0 Å². The van der Waals surface area contributed by atoms with Gasteiger partial charge < -0.3 is 9.30 Å². The van der Waals surface area contributed by atoms with Crippen molar-refractivity contribution >= 4 is 27.8 Å². The molecule has 1 aliphatic heterocycles. The minimum atomic E-state index is -3.72. The highest BCUT2D eigenvalue weighted by molar-refractivity contribution is 7.92. The molecule has 122 valence electrons. The molecule has 1 amide bonds. The van der Waals surface area contributed by atoms with Crippen LogP contribution in [0.3, 0.4) is 0 Å². The Morgan fingerprint density at radius 2 is 1.96 bits per heavy atom. The van der Waals surface area contributed by atoms with E-state index in [1.165, 1.54) is 30.3 Å². The summed E-state index contributed by atoms with van der Waals surface area (Å²) in [4.78, 5) is 17.1. The van der Waals surface area contributed by atoms with Gasteiger partial charge in [-0.05, 0) is 24.3 Å². The SMILES string of the molecule is CN(c1nccn1C)S(=O)(=O)c1ccc(N2CCOC2=O)cc1. The maximum absolute atomic E-state index is 12.6. The fourth-order valence-corrected chi connectivity index (χ4v) is 3.54. The molecule has 1 aliphatic rings. The summed E-state index contributed by atoms with van der Waals surface area (Å²) in [6, 6.07) is 6.11. The summed E-state index contributed by atoms with van der Waals surface area (Å²) >= 11 is 0. The Morgan fingerprint density at radius 1 is 1.26 bits per heavy atom. The molecule has 1 aromatic carbocycles.